The van der Waals surface area contributed by atoms with Crippen LogP contribution in [0.3, 0.4) is 0 Å². The summed E-state index contributed by atoms with van der Waals surface area (Å²) in [5.41, 5.74) is 0.887. The largest absolute Gasteiger partial charge is 0.481 e. The molecule has 0 radical (unpaired) electrons. The topological polar surface area (TPSA) is 75.6 Å². The number of ether oxygens (including phenoxy) is 1. The van der Waals surface area contributed by atoms with Gasteiger partial charge in [-0.25, -0.2) is 4.39 Å². The molecule has 0 unspecified atom stereocenters. The second kappa shape index (κ2) is 5.11. The molecular weight excluding hydrogens is 277 g/mol. The molecule has 6 heteroatoms. The Morgan fingerprint density at radius 1 is 1.29 bits per heavy atom. The van der Waals surface area contributed by atoms with E-state index in [4.69, 9.17) is 4.74 Å². The highest BCUT2D eigenvalue weighted by atomic mass is 19.1. The van der Waals surface area contributed by atoms with Gasteiger partial charge >= 0.3 is 5.97 Å². The van der Waals surface area contributed by atoms with Crippen molar-refractivity contribution in [3.05, 3.63) is 29.6 Å². The zero-order valence-corrected chi connectivity index (χ0v) is 11.5. The first-order valence-electron chi connectivity index (χ1n) is 6.92. The Morgan fingerprint density at radius 3 is 2.62 bits per heavy atom. The first kappa shape index (κ1) is 14.0. The van der Waals surface area contributed by atoms with Crippen LogP contribution in [0.4, 0.5) is 10.1 Å². The van der Waals surface area contributed by atoms with E-state index in [1.54, 1.807) is 13.0 Å². The van der Waals surface area contributed by atoms with Crippen molar-refractivity contribution in [2.45, 2.75) is 32.0 Å². The summed E-state index contributed by atoms with van der Waals surface area (Å²) in [4.78, 5) is 23.7. The zero-order chi connectivity index (χ0) is 15.1. The van der Waals surface area contributed by atoms with Gasteiger partial charge in [0.05, 0.1) is 29.7 Å². The molecule has 1 aromatic carbocycles. The van der Waals surface area contributed by atoms with Gasteiger partial charge < -0.3 is 15.2 Å². The smallest absolute Gasteiger partial charge is 0.310 e. The van der Waals surface area contributed by atoms with Gasteiger partial charge in [-0.2, -0.15) is 0 Å². The number of carbonyl (C=O) groups excluding carboxylic acids is 1. The van der Waals surface area contributed by atoms with E-state index in [2.05, 4.69) is 5.32 Å². The van der Waals surface area contributed by atoms with E-state index in [1.165, 1.54) is 12.1 Å². The van der Waals surface area contributed by atoms with Crippen LogP contribution in [0.15, 0.2) is 18.2 Å². The Bertz CT molecular complexity index is 603. The first-order valence-corrected chi connectivity index (χ1v) is 6.92. The Hall–Kier alpha value is -1.95. The third-order valence-corrected chi connectivity index (χ3v) is 4.24. The Balaban J connectivity index is 1.81. The molecular formula is C15H16FNO4. The van der Waals surface area contributed by atoms with Crippen LogP contribution in [0, 0.1) is 24.6 Å². The lowest BCUT2D eigenvalue weighted by molar-refractivity contribution is -0.147. The van der Waals surface area contributed by atoms with Gasteiger partial charge in [-0.05, 0) is 37.5 Å². The summed E-state index contributed by atoms with van der Waals surface area (Å²) >= 11 is 0. The van der Waals surface area contributed by atoms with Crippen LogP contribution in [0.25, 0.3) is 0 Å². The second-order valence-electron chi connectivity index (χ2n) is 5.65. The van der Waals surface area contributed by atoms with Gasteiger partial charge in [0.25, 0.3) is 0 Å². The minimum absolute atomic E-state index is 0.0758. The third kappa shape index (κ3) is 2.40. The zero-order valence-electron chi connectivity index (χ0n) is 11.5. The molecule has 2 aliphatic rings. The number of nitrogens with one attached hydrogen (secondary N) is 1. The molecule has 2 fully saturated rings. The van der Waals surface area contributed by atoms with Crippen molar-refractivity contribution in [1.82, 2.24) is 0 Å². The fourth-order valence-corrected chi connectivity index (χ4v) is 3.28. The summed E-state index contributed by atoms with van der Waals surface area (Å²) in [6, 6.07) is 4.40. The summed E-state index contributed by atoms with van der Waals surface area (Å²) in [7, 11) is 0. The van der Waals surface area contributed by atoms with Crippen LogP contribution in [-0.2, 0) is 14.3 Å². The lowest BCUT2D eigenvalue weighted by atomic mass is 9.78. The number of halogens is 1. The molecule has 2 bridgehead atoms. The highest BCUT2D eigenvalue weighted by Gasteiger charge is 2.55. The number of amides is 1. The number of hydrogen-bond donors (Lipinski definition) is 2. The van der Waals surface area contributed by atoms with Gasteiger partial charge in [-0.1, -0.05) is 6.07 Å². The number of hydrogen-bond acceptors (Lipinski definition) is 3. The number of carboxylic acid groups (broad SMARTS) is 1. The minimum atomic E-state index is -1.04. The second-order valence-corrected chi connectivity index (χ2v) is 5.65. The molecule has 1 amide bonds. The maximum absolute atomic E-state index is 13.7. The predicted molar refractivity (Wildman–Crippen MR) is 72.3 cm³/mol. The van der Waals surface area contributed by atoms with E-state index in [0.29, 0.717) is 12.8 Å². The maximum atomic E-state index is 13.7. The van der Waals surface area contributed by atoms with E-state index >= 15 is 0 Å². The summed E-state index contributed by atoms with van der Waals surface area (Å²) in [6.07, 6.45) is 0.530. The summed E-state index contributed by atoms with van der Waals surface area (Å²) in [6.45, 7) is 1.79. The van der Waals surface area contributed by atoms with Crippen LogP contribution in [0.1, 0.15) is 18.4 Å². The fourth-order valence-electron chi connectivity index (χ4n) is 3.28. The standard InChI is InChI=1S/C15H16FNO4/c1-7-2-3-8(16)9(6-7)17-14(18)12-10-4-5-11(21-10)13(12)15(19)20/h2-3,6,10-13H,4-5H2,1H3,(H,17,18)(H,19,20)/t10-,11+,12+,13-/m0/s1. The number of aryl methyl sites for hydroxylation is 1. The molecule has 3 rings (SSSR count). The number of rotatable bonds is 3. The number of carboxylic acids is 1. The first-order chi connectivity index (χ1) is 9.97. The molecule has 2 N–H and O–H groups in total. The summed E-state index contributed by atoms with van der Waals surface area (Å²) < 4.78 is 19.2. The van der Waals surface area contributed by atoms with Gasteiger partial charge in [0.1, 0.15) is 5.82 Å². The summed E-state index contributed by atoms with van der Waals surface area (Å²) in [5.74, 6) is -3.67. The van der Waals surface area contributed by atoms with E-state index in [9.17, 15) is 19.1 Å². The van der Waals surface area contributed by atoms with Crippen molar-refractivity contribution >= 4 is 17.6 Å². The molecule has 2 aliphatic heterocycles. The van der Waals surface area contributed by atoms with Gasteiger partial charge in [-0.3, -0.25) is 9.59 Å². The molecule has 1 aromatic rings. The lowest BCUT2D eigenvalue weighted by Crippen LogP contribution is -2.41. The molecule has 0 aromatic heterocycles. The minimum Gasteiger partial charge on any atom is -0.481 e. The number of benzene rings is 1. The van der Waals surface area contributed by atoms with Crippen LogP contribution in [0.2, 0.25) is 0 Å². The summed E-state index contributed by atoms with van der Waals surface area (Å²) in [5, 5.41) is 11.8. The maximum Gasteiger partial charge on any atom is 0.310 e. The number of carbonyl (C=O) groups is 2. The van der Waals surface area contributed by atoms with E-state index < -0.39 is 35.6 Å². The molecule has 2 heterocycles. The van der Waals surface area contributed by atoms with Crippen molar-refractivity contribution in [2.24, 2.45) is 11.8 Å². The average Bonchev–Trinajstić information content (AvgIpc) is 3.03. The van der Waals surface area contributed by atoms with Crippen molar-refractivity contribution in [3.63, 3.8) is 0 Å². The van der Waals surface area contributed by atoms with Crippen LogP contribution >= 0.6 is 0 Å². The van der Waals surface area contributed by atoms with Gasteiger partial charge in [0, 0.05) is 0 Å². The van der Waals surface area contributed by atoms with Crippen LogP contribution in [0.5, 0.6) is 0 Å². The normalized spacial score (nSPS) is 30.4. The Morgan fingerprint density at radius 2 is 1.95 bits per heavy atom. The molecule has 5 nitrogen and oxygen atoms in total. The molecule has 0 spiro atoms. The highest BCUT2D eigenvalue weighted by Crippen LogP contribution is 2.44. The quantitative estimate of drug-likeness (QED) is 0.893. The average molecular weight is 293 g/mol. The van der Waals surface area contributed by atoms with E-state index in [0.717, 1.165) is 5.56 Å². The van der Waals surface area contributed by atoms with Crippen molar-refractivity contribution in [2.75, 3.05) is 5.32 Å². The highest BCUT2D eigenvalue weighted by molar-refractivity contribution is 5.96. The molecule has 2 saturated heterocycles. The molecule has 0 aliphatic carbocycles. The van der Waals surface area contributed by atoms with Gasteiger partial charge in [0.15, 0.2) is 0 Å². The molecule has 21 heavy (non-hydrogen) atoms. The van der Waals surface area contributed by atoms with Crippen LogP contribution < -0.4 is 5.32 Å². The van der Waals surface area contributed by atoms with Gasteiger partial charge in [0.2, 0.25) is 5.91 Å². The number of anilines is 1. The van der Waals surface area contributed by atoms with Gasteiger partial charge in [-0.15, -0.1) is 0 Å². The third-order valence-electron chi connectivity index (χ3n) is 4.24. The predicted octanol–water partition coefficient (Wildman–Crippen LogP) is 1.95. The van der Waals surface area contributed by atoms with Crippen molar-refractivity contribution in [3.8, 4) is 0 Å². The van der Waals surface area contributed by atoms with E-state index in [-0.39, 0.29) is 11.8 Å². The number of aliphatic carboxylic acids is 1. The number of fused-ring (bicyclic) bond motifs is 2. The van der Waals surface area contributed by atoms with Crippen molar-refractivity contribution in [1.29, 1.82) is 0 Å². The van der Waals surface area contributed by atoms with Crippen molar-refractivity contribution < 1.29 is 23.8 Å². The fraction of sp³-hybridized carbons (Fsp3) is 0.467. The SMILES string of the molecule is Cc1ccc(F)c(NC(=O)[C@H]2[C@@H](C(=O)O)[C@H]3CC[C@@H]2O3)c1. The molecule has 4 atom stereocenters. The Kier molecular flexibility index (Phi) is 3.41. The molecule has 0 saturated carbocycles. The Labute approximate surface area is 121 Å². The molecule has 112 valence electrons. The lowest BCUT2D eigenvalue weighted by Gasteiger charge is -2.24. The van der Waals surface area contributed by atoms with Crippen LogP contribution in [-0.4, -0.2) is 29.2 Å². The van der Waals surface area contributed by atoms with E-state index in [1.807, 2.05) is 0 Å². The monoisotopic (exact) mass is 293 g/mol.